The van der Waals surface area contributed by atoms with Crippen molar-refractivity contribution >= 4 is 10.0 Å². The first-order valence-electron chi connectivity index (χ1n) is 8.38. The summed E-state index contributed by atoms with van der Waals surface area (Å²) in [6.07, 6.45) is 6.28. The first kappa shape index (κ1) is 15.2. The molecule has 0 N–H and O–H groups in total. The predicted molar refractivity (Wildman–Crippen MR) is 89.1 cm³/mol. The van der Waals surface area contributed by atoms with Gasteiger partial charge in [0.1, 0.15) is 10.6 Å². The van der Waals surface area contributed by atoms with Gasteiger partial charge < -0.3 is 4.74 Å². The van der Waals surface area contributed by atoms with Crippen LogP contribution in [-0.2, 0) is 10.0 Å². The number of ether oxygens (including phenoxy) is 1. The maximum absolute atomic E-state index is 13.3. The SMILES string of the molecule is COc1ccc(C)cc1S(=O)(=O)N1C2CCC1CC(=C1CC1)C2. The third-order valence-corrected chi connectivity index (χ3v) is 7.42. The van der Waals surface area contributed by atoms with Gasteiger partial charge in [-0.15, -0.1) is 0 Å². The summed E-state index contributed by atoms with van der Waals surface area (Å²) < 4.78 is 33.7. The van der Waals surface area contributed by atoms with Crippen LogP contribution in [-0.4, -0.2) is 31.9 Å². The Kier molecular flexibility index (Phi) is 3.54. The molecular formula is C18H23NO3S. The van der Waals surface area contributed by atoms with E-state index in [9.17, 15) is 8.42 Å². The fraction of sp³-hybridized carbons (Fsp3) is 0.556. The van der Waals surface area contributed by atoms with Crippen molar-refractivity contribution in [2.24, 2.45) is 0 Å². The molecule has 0 aromatic heterocycles. The van der Waals surface area contributed by atoms with Crippen LogP contribution >= 0.6 is 0 Å². The third-order valence-electron chi connectivity index (χ3n) is 5.39. The second-order valence-corrected chi connectivity index (χ2v) is 8.80. The number of methoxy groups -OCH3 is 1. The minimum absolute atomic E-state index is 0.132. The number of piperidine rings is 1. The Morgan fingerprint density at radius 1 is 1.09 bits per heavy atom. The van der Waals surface area contributed by atoms with Gasteiger partial charge in [0.25, 0.3) is 0 Å². The van der Waals surface area contributed by atoms with E-state index in [4.69, 9.17) is 4.74 Å². The van der Waals surface area contributed by atoms with Gasteiger partial charge in [-0.05, 0) is 63.1 Å². The molecule has 124 valence electrons. The molecule has 4 rings (SSSR count). The van der Waals surface area contributed by atoms with E-state index >= 15 is 0 Å². The van der Waals surface area contributed by atoms with Gasteiger partial charge in [0.2, 0.25) is 10.0 Å². The van der Waals surface area contributed by atoms with Crippen molar-refractivity contribution in [1.29, 1.82) is 0 Å². The van der Waals surface area contributed by atoms with Crippen molar-refractivity contribution in [1.82, 2.24) is 4.31 Å². The molecule has 5 heteroatoms. The van der Waals surface area contributed by atoms with Gasteiger partial charge in [0.05, 0.1) is 7.11 Å². The smallest absolute Gasteiger partial charge is 0.247 e. The van der Waals surface area contributed by atoms with Crippen LogP contribution < -0.4 is 4.74 Å². The van der Waals surface area contributed by atoms with Gasteiger partial charge in [-0.1, -0.05) is 17.2 Å². The van der Waals surface area contributed by atoms with Crippen LogP contribution in [0.4, 0.5) is 0 Å². The first-order valence-corrected chi connectivity index (χ1v) is 9.82. The van der Waals surface area contributed by atoms with Gasteiger partial charge in [-0.2, -0.15) is 4.31 Å². The van der Waals surface area contributed by atoms with Crippen LogP contribution in [0, 0.1) is 6.92 Å². The maximum atomic E-state index is 13.3. The molecule has 1 aliphatic carbocycles. The lowest BCUT2D eigenvalue weighted by atomic mass is 9.98. The highest BCUT2D eigenvalue weighted by atomic mass is 32.2. The monoisotopic (exact) mass is 333 g/mol. The normalized spacial score (nSPS) is 27.4. The van der Waals surface area contributed by atoms with Crippen LogP contribution in [0.15, 0.2) is 34.2 Å². The second kappa shape index (κ2) is 5.35. The summed E-state index contributed by atoms with van der Waals surface area (Å²) in [5.74, 6) is 0.446. The Bertz CT molecular complexity index is 759. The molecule has 0 amide bonds. The van der Waals surface area contributed by atoms with Crippen molar-refractivity contribution in [3.8, 4) is 5.75 Å². The molecule has 3 fully saturated rings. The van der Waals surface area contributed by atoms with Crippen molar-refractivity contribution in [3.63, 3.8) is 0 Å². The molecule has 2 heterocycles. The molecule has 0 spiro atoms. The lowest BCUT2D eigenvalue weighted by Gasteiger charge is -2.35. The Morgan fingerprint density at radius 2 is 1.74 bits per heavy atom. The number of nitrogens with zero attached hydrogens (tertiary/aromatic N) is 1. The zero-order valence-electron chi connectivity index (χ0n) is 13.7. The Balaban J connectivity index is 1.73. The van der Waals surface area contributed by atoms with Crippen molar-refractivity contribution in [2.75, 3.05) is 7.11 Å². The molecule has 4 nitrogen and oxygen atoms in total. The summed E-state index contributed by atoms with van der Waals surface area (Å²) in [6, 6.07) is 5.64. The quantitative estimate of drug-likeness (QED) is 0.796. The fourth-order valence-corrected chi connectivity index (χ4v) is 6.28. The molecule has 2 bridgehead atoms. The minimum Gasteiger partial charge on any atom is -0.495 e. The number of rotatable bonds is 3. The molecule has 0 radical (unpaired) electrons. The number of sulfonamides is 1. The summed E-state index contributed by atoms with van der Waals surface area (Å²) in [5.41, 5.74) is 4.07. The molecule has 1 saturated carbocycles. The minimum atomic E-state index is -3.51. The lowest BCUT2D eigenvalue weighted by Crippen LogP contribution is -2.44. The molecule has 23 heavy (non-hydrogen) atoms. The van der Waals surface area contributed by atoms with E-state index in [2.05, 4.69) is 0 Å². The lowest BCUT2D eigenvalue weighted by molar-refractivity contribution is 0.283. The molecule has 2 saturated heterocycles. The van der Waals surface area contributed by atoms with Crippen molar-refractivity contribution in [2.45, 2.75) is 62.4 Å². The summed E-state index contributed by atoms with van der Waals surface area (Å²) in [4.78, 5) is 0.319. The van der Waals surface area contributed by atoms with Crippen molar-refractivity contribution < 1.29 is 13.2 Å². The van der Waals surface area contributed by atoms with E-state index in [-0.39, 0.29) is 12.1 Å². The molecule has 1 aromatic rings. The fourth-order valence-electron chi connectivity index (χ4n) is 4.17. The van der Waals surface area contributed by atoms with Crippen LogP contribution in [0.2, 0.25) is 0 Å². The number of allylic oxidation sites excluding steroid dienone is 1. The number of aryl methyl sites for hydroxylation is 1. The largest absolute Gasteiger partial charge is 0.495 e. The number of hydrogen-bond donors (Lipinski definition) is 0. The third kappa shape index (κ3) is 2.50. The van der Waals surface area contributed by atoms with E-state index in [1.165, 1.54) is 20.0 Å². The van der Waals surface area contributed by atoms with E-state index < -0.39 is 10.0 Å². The van der Waals surface area contributed by atoms with Gasteiger partial charge in [0.15, 0.2) is 0 Å². The number of hydrogen-bond acceptors (Lipinski definition) is 3. The van der Waals surface area contributed by atoms with Crippen LogP contribution in [0.5, 0.6) is 5.75 Å². The zero-order chi connectivity index (χ0) is 16.2. The van der Waals surface area contributed by atoms with Crippen LogP contribution in [0.1, 0.15) is 44.1 Å². The van der Waals surface area contributed by atoms with E-state index in [1.54, 1.807) is 27.6 Å². The second-order valence-electron chi connectivity index (χ2n) is 6.99. The highest BCUT2D eigenvalue weighted by Crippen LogP contribution is 2.47. The van der Waals surface area contributed by atoms with Gasteiger partial charge >= 0.3 is 0 Å². The average Bonchev–Trinajstić information content (AvgIpc) is 3.33. The molecular weight excluding hydrogens is 310 g/mol. The van der Waals surface area contributed by atoms with Crippen LogP contribution in [0.25, 0.3) is 0 Å². The Morgan fingerprint density at radius 3 is 2.30 bits per heavy atom. The van der Waals surface area contributed by atoms with E-state index in [0.29, 0.717) is 10.6 Å². The highest BCUT2D eigenvalue weighted by Gasteiger charge is 2.47. The number of benzene rings is 1. The summed E-state index contributed by atoms with van der Waals surface area (Å²) in [6.45, 7) is 1.92. The summed E-state index contributed by atoms with van der Waals surface area (Å²) >= 11 is 0. The highest BCUT2D eigenvalue weighted by molar-refractivity contribution is 7.89. The van der Waals surface area contributed by atoms with E-state index in [1.807, 2.05) is 13.0 Å². The molecule has 2 atom stereocenters. The summed E-state index contributed by atoms with van der Waals surface area (Å²) in [7, 11) is -1.97. The van der Waals surface area contributed by atoms with Gasteiger partial charge in [-0.3, -0.25) is 0 Å². The molecule has 2 unspecified atom stereocenters. The first-order chi connectivity index (χ1) is 11.0. The number of fused-ring (bicyclic) bond motifs is 2. The predicted octanol–water partition coefficient (Wildman–Crippen LogP) is 3.41. The topological polar surface area (TPSA) is 46.6 Å². The van der Waals surface area contributed by atoms with Crippen LogP contribution in [0.3, 0.4) is 0 Å². The standard InChI is InChI=1S/C18H23NO3S/c1-12-3-8-17(22-2)18(9-12)23(20,21)19-15-6-7-16(19)11-14(10-15)13-4-5-13/h3,8-9,15-16H,4-7,10-11H2,1-2H3. The molecule has 3 aliphatic rings. The zero-order valence-corrected chi connectivity index (χ0v) is 14.5. The Labute approximate surface area is 138 Å². The summed E-state index contributed by atoms with van der Waals surface area (Å²) in [5, 5.41) is 0. The Hall–Kier alpha value is -1.33. The molecule has 2 aliphatic heterocycles. The maximum Gasteiger partial charge on any atom is 0.247 e. The molecule has 1 aromatic carbocycles. The van der Waals surface area contributed by atoms with Crippen molar-refractivity contribution in [3.05, 3.63) is 34.9 Å². The average molecular weight is 333 g/mol. The van der Waals surface area contributed by atoms with E-state index in [0.717, 1.165) is 31.2 Å². The van der Waals surface area contributed by atoms with Gasteiger partial charge in [-0.25, -0.2) is 8.42 Å². The van der Waals surface area contributed by atoms with Gasteiger partial charge in [0, 0.05) is 12.1 Å².